The van der Waals surface area contributed by atoms with Crippen LogP contribution in [0.5, 0.6) is 0 Å². The summed E-state index contributed by atoms with van der Waals surface area (Å²) < 4.78 is 10.8. The molecule has 2 aromatic rings. The molecular weight excluding hydrogens is 412 g/mol. The minimum absolute atomic E-state index is 0.149. The van der Waals surface area contributed by atoms with Gasteiger partial charge in [0.05, 0.1) is 24.3 Å². The van der Waals surface area contributed by atoms with Crippen LogP contribution in [0.3, 0.4) is 0 Å². The summed E-state index contributed by atoms with van der Waals surface area (Å²) in [6.45, 7) is 0.854. The van der Waals surface area contributed by atoms with E-state index in [4.69, 9.17) is 20.9 Å². The molecule has 0 aromatic heterocycles. The SMILES string of the molecule is Nc1cccc(C(=O)O)c1CCOCC#CC#CCOCCc1c(N)cccc1C(=O)O. The fraction of sp³-hybridized carbons (Fsp3) is 0.250. The minimum atomic E-state index is -1.03. The molecule has 0 saturated heterocycles. The number of carboxylic acid groups (broad SMARTS) is 2. The summed E-state index contributed by atoms with van der Waals surface area (Å²) in [6, 6.07) is 9.51. The van der Waals surface area contributed by atoms with Crippen molar-refractivity contribution < 1.29 is 29.3 Å². The third-order valence-corrected chi connectivity index (χ3v) is 4.47. The van der Waals surface area contributed by atoms with E-state index in [1.807, 2.05) is 0 Å². The van der Waals surface area contributed by atoms with Crippen molar-refractivity contribution in [2.24, 2.45) is 0 Å². The lowest BCUT2D eigenvalue weighted by atomic mass is 10.0. The first-order valence-corrected chi connectivity index (χ1v) is 9.74. The highest BCUT2D eigenvalue weighted by molar-refractivity contribution is 5.91. The van der Waals surface area contributed by atoms with E-state index in [2.05, 4.69) is 23.7 Å². The molecule has 0 aliphatic heterocycles. The van der Waals surface area contributed by atoms with E-state index in [1.54, 1.807) is 24.3 Å². The number of aromatic carboxylic acids is 2. The maximum Gasteiger partial charge on any atom is 0.336 e. The number of ether oxygens (including phenoxy) is 2. The van der Waals surface area contributed by atoms with Crippen molar-refractivity contribution in [1.82, 2.24) is 0 Å². The zero-order chi connectivity index (χ0) is 23.3. The maximum atomic E-state index is 11.2. The number of hydrogen-bond acceptors (Lipinski definition) is 6. The molecule has 0 aliphatic rings. The van der Waals surface area contributed by atoms with Gasteiger partial charge in [-0.05, 0) is 60.1 Å². The lowest BCUT2D eigenvalue weighted by molar-refractivity contribution is 0.0684. The second-order valence-electron chi connectivity index (χ2n) is 6.57. The van der Waals surface area contributed by atoms with Crippen molar-refractivity contribution in [3.05, 3.63) is 58.7 Å². The average Bonchev–Trinajstić information content (AvgIpc) is 2.75. The van der Waals surface area contributed by atoms with Gasteiger partial charge in [-0.1, -0.05) is 24.0 Å². The van der Waals surface area contributed by atoms with Crippen molar-refractivity contribution >= 4 is 23.3 Å². The van der Waals surface area contributed by atoms with Crippen LogP contribution in [-0.2, 0) is 22.3 Å². The Labute approximate surface area is 186 Å². The molecule has 166 valence electrons. The monoisotopic (exact) mass is 436 g/mol. The Morgan fingerprint density at radius 2 is 1.16 bits per heavy atom. The summed E-state index contributed by atoms with van der Waals surface area (Å²) in [4.78, 5) is 22.5. The quantitative estimate of drug-likeness (QED) is 0.252. The predicted molar refractivity (Wildman–Crippen MR) is 120 cm³/mol. The number of hydrogen-bond donors (Lipinski definition) is 4. The third-order valence-electron chi connectivity index (χ3n) is 4.47. The Hall–Kier alpha value is -3.98. The fourth-order valence-electron chi connectivity index (χ4n) is 2.92. The molecule has 0 atom stereocenters. The van der Waals surface area contributed by atoms with Gasteiger partial charge >= 0.3 is 11.9 Å². The van der Waals surface area contributed by atoms with Crippen LogP contribution in [0.25, 0.3) is 0 Å². The molecule has 0 unspecified atom stereocenters. The largest absolute Gasteiger partial charge is 0.478 e. The molecule has 0 bridgehead atoms. The normalized spacial score (nSPS) is 9.88. The van der Waals surface area contributed by atoms with Gasteiger partial charge in [0.15, 0.2) is 0 Å². The first-order valence-electron chi connectivity index (χ1n) is 9.74. The zero-order valence-electron chi connectivity index (χ0n) is 17.4. The molecule has 0 radical (unpaired) electrons. The molecular formula is C24H24N2O6. The summed E-state index contributed by atoms with van der Waals surface area (Å²) >= 11 is 0. The van der Waals surface area contributed by atoms with Crippen molar-refractivity contribution in [3.8, 4) is 23.7 Å². The first-order chi connectivity index (χ1) is 15.4. The van der Waals surface area contributed by atoms with E-state index in [1.165, 1.54) is 12.1 Å². The highest BCUT2D eigenvalue weighted by Crippen LogP contribution is 2.18. The Morgan fingerprint density at radius 1 is 0.750 bits per heavy atom. The number of carboxylic acids is 2. The van der Waals surface area contributed by atoms with Crippen LogP contribution >= 0.6 is 0 Å². The molecule has 8 heteroatoms. The summed E-state index contributed by atoms with van der Waals surface area (Å²) in [5, 5.41) is 18.4. The van der Waals surface area contributed by atoms with Gasteiger partial charge in [0.2, 0.25) is 0 Å². The predicted octanol–water partition coefficient (Wildman–Crippen LogP) is 2.07. The van der Waals surface area contributed by atoms with Crippen LogP contribution < -0.4 is 11.5 Å². The van der Waals surface area contributed by atoms with Crippen LogP contribution in [0.15, 0.2) is 36.4 Å². The van der Waals surface area contributed by atoms with Crippen molar-refractivity contribution in [3.63, 3.8) is 0 Å². The topological polar surface area (TPSA) is 145 Å². The van der Waals surface area contributed by atoms with E-state index >= 15 is 0 Å². The maximum absolute atomic E-state index is 11.2. The van der Waals surface area contributed by atoms with Gasteiger partial charge in [-0.2, -0.15) is 0 Å². The van der Waals surface area contributed by atoms with Gasteiger partial charge < -0.3 is 31.2 Å². The molecule has 0 fully saturated rings. The van der Waals surface area contributed by atoms with Gasteiger partial charge in [-0.15, -0.1) is 0 Å². The average molecular weight is 436 g/mol. The van der Waals surface area contributed by atoms with Crippen molar-refractivity contribution in [2.45, 2.75) is 12.8 Å². The van der Waals surface area contributed by atoms with E-state index in [9.17, 15) is 19.8 Å². The number of benzene rings is 2. The number of nitrogen functional groups attached to an aromatic ring is 2. The Balaban J connectivity index is 1.67. The van der Waals surface area contributed by atoms with E-state index in [0.717, 1.165) is 0 Å². The number of rotatable bonds is 10. The summed E-state index contributed by atoms with van der Waals surface area (Å²) in [5.41, 5.74) is 13.9. The van der Waals surface area contributed by atoms with Gasteiger partial charge in [0.25, 0.3) is 0 Å². The standard InChI is InChI=1S/C24H24N2O6/c25-21-9-5-7-19(23(27)28)17(21)11-15-31-13-3-1-2-4-14-32-16-12-18-20(24(29)30)8-6-10-22(18)26/h5-10H,11-16,25-26H2,(H,27,28)(H,29,30). The Kier molecular flexibility index (Phi) is 9.61. The van der Waals surface area contributed by atoms with Crippen LogP contribution in [0.2, 0.25) is 0 Å². The molecule has 0 aliphatic carbocycles. The van der Waals surface area contributed by atoms with Crippen molar-refractivity contribution in [2.75, 3.05) is 37.9 Å². The summed E-state index contributed by atoms with van der Waals surface area (Å²) in [7, 11) is 0. The second-order valence-corrected chi connectivity index (χ2v) is 6.57. The highest BCUT2D eigenvalue weighted by Gasteiger charge is 2.12. The second kappa shape index (κ2) is 12.7. The van der Waals surface area contributed by atoms with E-state index in [-0.39, 0.29) is 37.6 Å². The van der Waals surface area contributed by atoms with Gasteiger partial charge in [-0.3, -0.25) is 0 Å². The molecule has 2 rings (SSSR count). The van der Waals surface area contributed by atoms with Gasteiger partial charge in [0.1, 0.15) is 13.2 Å². The van der Waals surface area contributed by atoms with Crippen LogP contribution in [0.1, 0.15) is 31.8 Å². The Morgan fingerprint density at radius 3 is 1.53 bits per heavy atom. The van der Waals surface area contributed by atoms with Crippen LogP contribution in [-0.4, -0.2) is 48.6 Å². The number of anilines is 2. The number of carbonyl (C=O) groups is 2. The highest BCUT2D eigenvalue weighted by atomic mass is 16.5. The molecule has 8 nitrogen and oxygen atoms in total. The molecule has 0 spiro atoms. The first kappa shape index (κ1) is 24.3. The smallest absolute Gasteiger partial charge is 0.336 e. The Bertz CT molecular complexity index is 1000. The van der Waals surface area contributed by atoms with Crippen LogP contribution in [0.4, 0.5) is 11.4 Å². The van der Waals surface area contributed by atoms with Gasteiger partial charge in [-0.25, -0.2) is 9.59 Å². The number of nitrogens with two attached hydrogens (primary N) is 2. The van der Waals surface area contributed by atoms with E-state index in [0.29, 0.717) is 35.3 Å². The molecule has 0 amide bonds. The lowest BCUT2D eigenvalue weighted by Crippen LogP contribution is -2.09. The zero-order valence-corrected chi connectivity index (χ0v) is 17.4. The van der Waals surface area contributed by atoms with Crippen molar-refractivity contribution in [1.29, 1.82) is 0 Å². The minimum Gasteiger partial charge on any atom is -0.478 e. The summed E-state index contributed by atoms with van der Waals surface area (Å²) in [5.74, 6) is 8.69. The molecule has 0 heterocycles. The lowest BCUT2D eigenvalue weighted by Gasteiger charge is -2.09. The fourth-order valence-corrected chi connectivity index (χ4v) is 2.92. The van der Waals surface area contributed by atoms with E-state index < -0.39 is 11.9 Å². The molecule has 32 heavy (non-hydrogen) atoms. The van der Waals surface area contributed by atoms with Gasteiger partial charge in [0, 0.05) is 11.4 Å². The summed E-state index contributed by atoms with van der Waals surface area (Å²) in [6.07, 6.45) is 0.732. The molecule has 6 N–H and O–H groups in total. The molecule has 2 aromatic carbocycles. The van der Waals surface area contributed by atoms with Crippen LogP contribution in [0, 0.1) is 23.7 Å². The molecule has 0 saturated carbocycles. The third kappa shape index (κ3) is 7.37.